The topological polar surface area (TPSA) is 32.3 Å². The molecular formula is C13H23NO. The summed E-state index contributed by atoms with van der Waals surface area (Å²) in [7, 11) is 0. The Morgan fingerprint density at radius 1 is 1.13 bits per heavy atom. The Kier molecular flexibility index (Phi) is 2.33. The van der Waals surface area contributed by atoms with E-state index in [4.69, 9.17) is 0 Å². The number of hydrogen-bond donors (Lipinski definition) is 2. The van der Waals surface area contributed by atoms with E-state index in [0.29, 0.717) is 5.54 Å². The number of rotatable bonds is 3. The smallest absolute Gasteiger partial charge is 0.105 e. The van der Waals surface area contributed by atoms with Gasteiger partial charge in [-0.2, -0.15) is 0 Å². The molecular weight excluding hydrogens is 186 g/mol. The lowest BCUT2D eigenvalue weighted by Crippen LogP contribution is -2.60. The van der Waals surface area contributed by atoms with E-state index in [1.54, 1.807) is 0 Å². The fourth-order valence-corrected chi connectivity index (χ4v) is 4.74. The van der Waals surface area contributed by atoms with Crippen molar-refractivity contribution in [3.05, 3.63) is 0 Å². The lowest BCUT2D eigenvalue weighted by Gasteiger charge is -2.57. The zero-order valence-corrected chi connectivity index (χ0v) is 9.71. The van der Waals surface area contributed by atoms with Crippen LogP contribution in [0, 0.1) is 17.8 Å². The summed E-state index contributed by atoms with van der Waals surface area (Å²) < 4.78 is 0. The van der Waals surface area contributed by atoms with Crippen LogP contribution < -0.4 is 5.32 Å². The average molecular weight is 209 g/mol. The van der Waals surface area contributed by atoms with Crippen molar-refractivity contribution in [2.45, 2.75) is 63.6 Å². The van der Waals surface area contributed by atoms with Crippen molar-refractivity contribution >= 4 is 0 Å². The van der Waals surface area contributed by atoms with Gasteiger partial charge < -0.3 is 5.11 Å². The highest BCUT2D eigenvalue weighted by atomic mass is 16.3. The molecule has 0 aromatic carbocycles. The third-order valence-electron chi connectivity index (χ3n) is 4.90. The van der Waals surface area contributed by atoms with Crippen LogP contribution in [0.3, 0.4) is 0 Å². The molecule has 0 aromatic heterocycles. The molecule has 0 aliphatic heterocycles. The van der Waals surface area contributed by atoms with Crippen molar-refractivity contribution in [2.24, 2.45) is 17.8 Å². The van der Waals surface area contributed by atoms with E-state index in [2.05, 4.69) is 12.2 Å². The maximum atomic E-state index is 9.81. The van der Waals surface area contributed by atoms with Crippen LogP contribution in [0.5, 0.6) is 0 Å². The largest absolute Gasteiger partial charge is 0.379 e. The van der Waals surface area contributed by atoms with Gasteiger partial charge in [0, 0.05) is 5.54 Å². The van der Waals surface area contributed by atoms with Crippen molar-refractivity contribution < 1.29 is 5.11 Å². The summed E-state index contributed by atoms with van der Waals surface area (Å²) in [6, 6.07) is 0. The van der Waals surface area contributed by atoms with E-state index < -0.39 is 0 Å². The Balaban J connectivity index is 1.75. The van der Waals surface area contributed by atoms with Crippen LogP contribution >= 0.6 is 0 Å². The second kappa shape index (κ2) is 3.46. The van der Waals surface area contributed by atoms with Gasteiger partial charge in [-0.25, -0.2) is 0 Å². The molecule has 0 aromatic rings. The van der Waals surface area contributed by atoms with Crippen LogP contribution in [-0.4, -0.2) is 16.9 Å². The standard InChI is InChI=1S/C13H23NO/c1-2-12(15)14-13-6-9-3-10(7-13)5-11(4-9)8-13/h9-12,14-15H,2-8H2,1H3. The zero-order valence-electron chi connectivity index (χ0n) is 9.71. The first-order valence-corrected chi connectivity index (χ1v) is 6.65. The minimum Gasteiger partial charge on any atom is -0.379 e. The molecule has 0 spiro atoms. The molecule has 4 aliphatic rings. The molecule has 4 saturated carbocycles. The van der Waals surface area contributed by atoms with Gasteiger partial charge in [0.05, 0.1) is 0 Å². The Morgan fingerprint density at radius 3 is 2.00 bits per heavy atom. The maximum absolute atomic E-state index is 9.81. The minimum atomic E-state index is -0.277. The minimum absolute atomic E-state index is 0.277. The molecule has 15 heavy (non-hydrogen) atoms. The average Bonchev–Trinajstić information content (AvgIpc) is 2.14. The van der Waals surface area contributed by atoms with Gasteiger partial charge in [-0.1, -0.05) is 6.92 Å². The molecule has 4 fully saturated rings. The van der Waals surface area contributed by atoms with Gasteiger partial charge in [0.2, 0.25) is 0 Å². The molecule has 2 heteroatoms. The molecule has 0 amide bonds. The second-order valence-electron chi connectivity index (χ2n) is 6.27. The molecule has 4 bridgehead atoms. The highest BCUT2D eigenvalue weighted by Crippen LogP contribution is 2.55. The number of aliphatic hydroxyl groups is 1. The fourth-order valence-electron chi connectivity index (χ4n) is 4.74. The van der Waals surface area contributed by atoms with Crippen LogP contribution in [0.4, 0.5) is 0 Å². The predicted molar refractivity (Wildman–Crippen MR) is 60.3 cm³/mol. The van der Waals surface area contributed by atoms with Gasteiger partial charge >= 0.3 is 0 Å². The molecule has 1 atom stereocenters. The molecule has 86 valence electrons. The van der Waals surface area contributed by atoms with E-state index in [0.717, 1.165) is 24.2 Å². The van der Waals surface area contributed by atoms with Crippen LogP contribution in [0.2, 0.25) is 0 Å². The van der Waals surface area contributed by atoms with Gasteiger partial charge in [-0.3, -0.25) is 5.32 Å². The van der Waals surface area contributed by atoms with Gasteiger partial charge in [0.25, 0.3) is 0 Å². The van der Waals surface area contributed by atoms with E-state index in [9.17, 15) is 5.11 Å². The zero-order chi connectivity index (χ0) is 10.5. The first kappa shape index (κ1) is 10.1. The third kappa shape index (κ3) is 1.72. The quantitative estimate of drug-likeness (QED) is 0.699. The summed E-state index contributed by atoms with van der Waals surface area (Å²) in [5.41, 5.74) is 0.324. The summed E-state index contributed by atoms with van der Waals surface area (Å²) in [6.45, 7) is 2.05. The second-order valence-corrected chi connectivity index (χ2v) is 6.27. The number of hydrogen-bond acceptors (Lipinski definition) is 2. The molecule has 2 nitrogen and oxygen atoms in total. The Hall–Kier alpha value is -0.0800. The van der Waals surface area contributed by atoms with Crippen LogP contribution in [-0.2, 0) is 0 Å². The molecule has 2 N–H and O–H groups in total. The van der Waals surface area contributed by atoms with Crippen LogP contribution in [0.1, 0.15) is 51.9 Å². The lowest BCUT2D eigenvalue weighted by atomic mass is 9.53. The van der Waals surface area contributed by atoms with E-state index in [1.807, 2.05) is 0 Å². The van der Waals surface area contributed by atoms with Gasteiger partial charge in [0.1, 0.15) is 6.23 Å². The summed E-state index contributed by atoms with van der Waals surface area (Å²) in [4.78, 5) is 0. The maximum Gasteiger partial charge on any atom is 0.105 e. The van der Waals surface area contributed by atoms with Crippen molar-refractivity contribution in [2.75, 3.05) is 0 Å². The molecule has 4 aliphatic carbocycles. The van der Waals surface area contributed by atoms with E-state index in [1.165, 1.54) is 38.5 Å². The normalized spacial score (nSPS) is 49.6. The summed E-state index contributed by atoms with van der Waals surface area (Å²) in [6.07, 6.45) is 8.97. The Bertz CT molecular complexity index is 216. The third-order valence-corrected chi connectivity index (χ3v) is 4.90. The molecule has 0 radical (unpaired) electrons. The molecule has 0 heterocycles. The summed E-state index contributed by atoms with van der Waals surface area (Å²) in [5.74, 6) is 2.90. The van der Waals surface area contributed by atoms with Gasteiger partial charge in [-0.15, -0.1) is 0 Å². The molecule has 1 unspecified atom stereocenters. The van der Waals surface area contributed by atoms with Crippen molar-refractivity contribution in [1.29, 1.82) is 0 Å². The van der Waals surface area contributed by atoms with Gasteiger partial charge in [-0.05, 0) is 62.7 Å². The number of nitrogens with one attached hydrogen (secondary N) is 1. The summed E-state index contributed by atoms with van der Waals surface area (Å²) in [5, 5.41) is 13.3. The SMILES string of the molecule is CCC(O)NC12CC3CC(CC(C3)C1)C2. The van der Waals surface area contributed by atoms with E-state index in [-0.39, 0.29) is 6.23 Å². The highest BCUT2D eigenvalue weighted by molar-refractivity contribution is 5.06. The Labute approximate surface area is 92.4 Å². The highest BCUT2D eigenvalue weighted by Gasteiger charge is 2.51. The van der Waals surface area contributed by atoms with Crippen molar-refractivity contribution in [3.8, 4) is 0 Å². The monoisotopic (exact) mass is 209 g/mol. The van der Waals surface area contributed by atoms with Crippen LogP contribution in [0.15, 0.2) is 0 Å². The Morgan fingerprint density at radius 2 is 1.60 bits per heavy atom. The molecule has 4 rings (SSSR count). The summed E-state index contributed by atoms with van der Waals surface area (Å²) >= 11 is 0. The van der Waals surface area contributed by atoms with Crippen molar-refractivity contribution in [1.82, 2.24) is 5.32 Å². The van der Waals surface area contributed by atoms with Gasteiger partial charge in [0.15, 0.2) is 0 Å². The fraction of sp³-hybridized carbons (Fsp3) is 1.00. The first-order valence-electron chi connectivity index (χ1n) is 6.65. The molecule has 0 saturated heterocycles. The predicted octanol–water partition coefficient (Wildman–Crippen LogP) is 2.27. The lowest BCUT2D eigenvalue weighted by molar-refractivity contribution is -0.0483. The first-order chi connectivity index (χ1) is 7.19. The van der Waals surface area contributed by atoms with Crippen LogP contribution in [0.25, 0.3) is 0 Å². The van der Waals surface area contributed by atoms with Crippen molar-refractivity contribution in [3.63, 3.8) is 0 Å². The van der Waals surface area contributed by atoms with E-state index >= 15 is 0 Å². The number of aliphatic hydroxyl groups excluding tert-OH is 1.